The molecule has 0 fully saturated rings. The number of aliphatic hydroxyl groups is 2. The lowest BCUT2D eigenvalue weighted by molar-refractivity contribution is -0.131. The number of aromatic amines is 2. The minimum absolute atomic E-state index is 0.0901. The Kier molecular flexibility index (Phi) is 5.28. The summed E-state index contributed by atoms with van der Waals surface area (Å²) in [4.78, 5) is 39.4. The van der Waals surface area contributed by atoms with Gasteiger partial charge in [0.05, 0.1) is 19.6 Å². The first-order chi connectivity index (χ1) is 8.56. The highest BCUT2D eigenvalue weighted by atomic mass is 16.3. The van der Waals surface area contributed by atoms with E-state index in [-0.39, 0.29) is 44.3 Å². The lowest BCUT2D eigenvalue weighted by Crippen LogP contribution is -2.37. The maximum Gasteiger partial charge on any atom is 0.325 e. The number of H-pyrrole nitrogens is 2. The van der Waals surface area contributed by atoms with Gasteiger partial charge in [-0.05, 0) is 0 Å². The smallest absolute Gasteiger partial charge is 0.325 e. The number of aromatic nitrogens is 2. The molecular formula is C10H15N3O5. The zero-order chi connectivity index (χ0) is 13.5. The Labute approximate surface area is 102 Å². The van der Waals surface area contributed by atoms with Gasteiger partial charge in [-0.1, -0.05) is 0 Å². The van der Waals surface area contributed by atoms with E-state index in [2.05, 4.69) is 4.98 Å². The van der Waals surface area contributed by atoms with Crippen LogP contribution in [0.4, 0.5) is 0 Å². The van der Waals surface area contributed by atoms with Gasteiger partial charge in [0.25, 0.3) is 5.56 Å². The molecule has 18 heavy (non-hydrogen) atoms. The van der Waals surface area contributed by atoms with Crippen molar-refractivity contribution < 1.29 is 15.0 Å². The molecule has 1 rings (SSSR count). The lowest BCUT2D eigenvalue weighted by Gasteiger charge is -2.20. The summed E-state index contributed by atoms with van der Waals surface area (Å²) in [7, 11) is 0. The Morgan fingerprint density at radius 1 is 1.17 bits per heavy atom. The monoisotopic (exact) mass is 257 g/mol. The number of carbonyl (C=O) groups excluding carboxylic acids is 1. The lowest BCUT2D eigenvalue weighted by atomic mass is 10.2. The summed E-state index contributed by atoms with van der Waals surface area (Å²) in [5.74, 6) is -0.389. The van der Waals surface area contributed by atoms with Crippen LogP contribution in [-0.4, -0.2) is 57.3 Å². The molecule has 4 N–H and O–H groups in total. The largest absolute Gasteiger partial charge is 0.395 e. The first-order valence-electron chi connectivity index (χ1n) is 5.39. The molecule has 8 nitrogen and oxygen atoms in total. The number of hydrogen-bond acceptors (Lipinski definition) is 5. The predicted octanol–water partition coefficient (Wildman–Crippen LogP) is -2.58. The molecule has 0 aromatic carbocycles. The van der Waals surface area contributed by atoms with Gasteiger partial charge >= 0.3 is 5.69 Å². The van der Waals surface area contributed by atoms with E-state index in [4.69, 9.17) is 10.2 Å². The Balaban J connectivity index is 2.78. The van der Waals surface area contributed by atoms with Crippen molar-refractivity contribution in [2.75, 3.05) is 26.3 Å². The second kappa shape index (κ2) is 6.72. The number of aliphatic hydroxyl groups excluding tert-OH is 2. The average molecular weight is 257 g/mol. The summed E-state index contributed by atoms with van der Waals surface area (Å²) in [5, 5.41) is 17.6. The summed E-state index contributed by atoms with van der Waals surface area (Å²) in [6.45, 7) is -0.269. The highest BCUT2D eigenvalue weighted by molar-refractivity contribution is 5.78. The van der Waals surface area contributed by atoms with Crippen LogP contribution in [0.3, 0.4) is 0 Å². The fourth-order valence-corrected chi connectivity index (χ4v) is 1.49. The molecule has 0 aliphatic carbocycles. The fourth-order valence-electron chi connectivity index (χ4n) is 1.49. The second-order valence-corrected chi connectivity index (χ2v) is 3.62. The van der Waals surface area contributed by atoms with Crippen molar-refractivity contribution in [3.63, 3.8) is 0 Å². The second-order valence-electron chi connectivity index (χ2n) is 3.62. The fraction of sp³-hybridized carbons (Fsp3) is 0.500. The van der Waals surface area contributed by atoms with E-state index in [9.17, 15) is 14.4 Å². The Morgan fingerprint density at radius 2 is 1.78 bits per heavy atom. The first kappa shape index (κ1) is 14.1. The zero-order valence-corrected chi connectivity index (χ0v) is 9.68. The third-order valence-electron chi connectivity index (χ3n) is 2.25. The van der Waals surface area contributed by atoms with Crippen molar-refractivity contribution in [3.05, 3.63) is 32.6 Å². The van der Waals surface area contributed by atoms with Crippen LogP contribution in [0, 0.1) is 0 Å². The van der Waals surface area contributed by atoms with Crippen LogP contribution in [-0.2, 0) is 11.2 Å². The summed E-state index contributed by atoms with van der Waals surface area (Å²) in [6.07, 6.45) is -0.168. The van der Waals surface area contributed by atoms with Crippen molar-refractivity contribution >= 4 is 5.91 Å². The molecule has 100 valence electrons. The predicted molar refractivity (Wildman–Crippen MR) is 62.1 cm³/mol. The van der Waals surface area contributed by atoms with Gasteiger partial charge < -0.3 is 20.1 Å². The van der Waals surface area contributed by atoms with E-state index in [1.807, 2.05) is 4.98 Å². The minimum atomic E-state index is -0.679. The Morgan fingerprint density at radius 3 is 2.28 bits per heavy atom. The number of hydrogen-bond donors (Lipinski definition) is 4. The molecule has 0 bridgehead atoms. The van der Waals surface area contributed by atoms with Gasteiger partial charge in [-0.15, -0.1) is 0 Å². The van der Waals surface area contributed by atoms with Crippen molar-refractivity contribution in [3.8, 4) is 0 Å². The standard InChI is InChI=1S/C10H15N3O5/c14-3-1-13(2-4-15)9(17)6-7-5-8(16)12-10(18)11-7/h5,14-15H,1-4,6H2,(H2,11,12,16,18). The number of carbonyl (C=O) groups is 1. The average Bonchev–Trinajstić information content (AvgIpc) is 2.27. The van der Waals surface area contributed by atoms with Crippen LogP contribution < -0.4 is 11.2 Å². The van der Waals surface area contributed by atoms with Crippen LogP contribution in [0.15, 0.2) is 15.7 Å². The van der Waals surface area contributed by atoms with Gasteiger partial charge in [0.2, 0.25) is 5.91 Å². The molecule has 1 heterocycles. The van der Waals surface area contributed by atoms with Gasteiger partial charge in [-0.25, -0.2) is 4.79 Å². The summed E-state index contributed by atoms with van der Waals surface area (Å²) in [6, 6.07) is 1.12. The number of rotatable bonds is 6. The van der Waals surface area contributed by atoms with Gasteiger partial charge in [0.1, 0.15) is 0 Å². The maximum atomic E-state index is 11.8. The third kappa shape index (κ3) is 4.15. The van der Waals surface area contributed by atoms with Crippen molar-refractivity contribution in [2.24, 2.45) is 0 Å². The quantitative estimate of drug-likeness (QED) is 0.445. The SMILES string of the molecule is O=C(Cc1cc(=O)[nH]c(=O)[nH]1)N(CCO)CCO. The maximum absolute atomic E-state index is 11.8. The molecule has 1 aromatic rings. The third-order valence-corrected chi connectivity index (χ3v) is 2.25. The highest BCUT2D eigenvalue weighted by Gasteiger charge is 2.13. The molecule has 0 atom stereocenters. The van der Waals surface area contributed by atoms with E-state index in [1.165, 1.54) is 4.90 Å². The molecule has 0 aliphatic heterocycles. The Bertz CT molecular complexity index is 472. The molecule has 0 saturated carbocycles. The van der Waals surface area contributed by atoms with Crippen LogP contribution in [0.1, 0.15) is 5.69 Å². The van der Waals surface area contributed by atoms with Crippen molar-refractivity contribution in [1.82, 2.24) is 14.9 Å². The first-order valence-corrected chi connectivity index (χ1v) is 5.39. The number of nitrogens with zero attached hydrogens (tertiary/aromatic N) is 1. The van der Waals surface area contributed by atoms with Crippen LogP contribution >= 0.6 is 0 Å². The highest BCUT2D eigenvalue weighted by Crippen LogP contribution is 1.96. The van der Waals surface area contributed by atoms with Crippen LogP contribution in [0.2, 0.25) is 0 Å². The van der Waals surface area contributed by atoms with Gasteiger partial charge in [0.15, 0.2) is 0 Å². The van der Waals surface area contributed by atoms with E-state index in [0.29, 0.717) is 0 Å². The van der Waals surface area contributed by atoms with E-state index >= 15 is 0 Å². The normalized spacial score (nSPS) is 10.3. The van der Waals surface area contributed by atoms with E-state index in [0.717, 1.165) is 6.07 Å². The molecule has 0 saturated heterocycles. The molecule has 0 radical (unpaired) electrons. The summed E-state index contributed by atoms with van der Waals surface area (Å²) >= 11 is 0. The van der Waals surface area contributed by atoms with E-state index in [1.54, 1.807) is 0 Å². The number of nitrogens with one attached hydrogen (secondary N) is 2. The number of amides is 1. The topological polar surface area (TPSA) is 126 Å². The van der Waals surface area contributed by atoms with Gasteiger partial charge in [-0.2, -0.15) is 0 Å². The van der Waals surface area contributed by atoms with Crippen LogP contribution in [0.5, 0.6) is 0 Å². The molecule has 0 spiro atoms. The van der Waals surface area contributed by atoms with Crippen molar-refractivity contribution in [1.29, 1.82) is 0 Å². The molecular weight excluding hydrogens is 242 g/mol. The minimum Gasteiger partial charge on any atom is -0.395 e. The molecule has 0 aliphatic rings. The summed E-state index contributed by atoms with van der Waals surface area (Å²) in [5.41, 5.74) is -1.08. The molecule has 8 heteroatoms. The zero-order valence-electron chi connectivity index (χ0n) is 9.68. The molecule has 0 unspecified atom stereocenters. The molecule has 1 amide bonds. The van der Waals surface area contributed by atoms with Crippen LogP contribution in [0.25, 0.3) is 0 Å². The summed E-state index contributed by atoms with van der Waals surface area (Å²) < 4.78 is 0. The van der Waals surface area contributed by atoms with Gasteiger partial charge in [-0.3, -0.25) is 14.6 Å². The molecule has 1 aromatic heterocycles. The Hall–Kier alpha value is -1.93. The van der Waals surface area contributed by atoms with E-state index < -0.39 is 11.2 Å². The van der Waals surface area contributed by atoms with Gasteiger partial charge in [0, 0.05) is 24.8 Å². The van der Waals surface area contributed by atoms with Crippen molar-refractivity contribution in [2.45, 2.75) is 6.42 Å².